The predicted molar refractivity (Wildman–Crippen MR) is 92.7 cm³/mol. The quantitative estimate of drug-likeness (QED) is 0.805. The van der Waals surface area contributed by atoms with Gasteiger partial charge in [-0.2, -0.15) is 5.10 Å². The van der Waals surface area contributed by atoms with E-state index in [2.05, 4.69) is 29.2 Å². The Hall–Kier alpha value is -1.96. The van der Waals surface area contributed by atoms with Crippen molar-refractivity contribution in [2.75, 3.05) is 19.6 Å². The van der Waals surface area contributed by atoms with Gasteiger partial charge in [0.1, 0.15) is 17.2 Å². The van der Waals surface area contributed by atoms with Crippen LogP contribution < -0.4 is 5.32 Å². The number of aryl methyl sites for hydroxylation is 2. The van der Waals surface area contributed by atoms with E-state index in [9.17, 15) is 9.59 Å². The van der Waals surface area contributed by atoms with Crippen molar-refractivity contribution in [3.05, 3.63) is 11.6 Å². The number of nitrogens with one attached hydrogen (secondary N) is 1. The Labute approximate surface area is 148 Å². The van der Waals surface area contributed by atoms with Crippen molar-refractivity contribution >= 4 is 11.9 Å². The lowest BCUT2D eigenvalue weighted by atomic mass is 9.86. The number of carbonyl (C=O) groups is 2. The Kier molecular flexibility index (Phi) is 4.81. The van der Waals surface area contributed by atoms with E-state index in [1.165, 1.54) is 4.90 Å². The van der Waals surface area contributed by atoms with E-state index in [1.54, 1.807) is 18.7 Å². The van der Waals surface area contributed by atoms with Crippen molar-refractivity contribution in [2.24, 2.45) is 13.0 Å². The number of carbonyl (C=O) groups excluding carboxylic acids is 2. The van der Waals surface area contributed by atoms with E-state index in [0.29, 0.717) is 37.0 Å². The van der Waals surface area contributed by atoms with E-state index >= 15 is 0 Å². The molecule has 1 aromatic heterocycles. The number of piperidine rings is 1. The molecule has 138 valence electrons. The van der Waals surface area contributed by atoms with Crippen molar-refractivity contribution < 1.29 is 9.59 Å². The smallest absolute Gasteiger partial charge is 0.317 e. The van der Waals surface area contributed by atoms with Crippen LogP contribution in [0.15, 0.2) is 0 Å². The minimum atomic E-state index is -0.690. The summed E-state index contributed by atoms with van der Waals surface area (Å²) in [4.78, 5) is 33.9. The fraction of sp³-hybridized carbons (Fsp3) is 0.765. The molecule has 8 heteroatoms. The molecule has 1 aromatic rings. The topological polar surface area (TPSA) is 83.4 Å². The molecule has 0 aliphatic carbocycles. The second-order valence-electron chi connectivity index (χ2n) is 7.49. The van der Waals surface area contributed by atoms with E-state index in [1.807, 2.05) is 4.90 Å². The van der Waals surface area contributed by atoms with E-state index < -0.39 is 5.54 Å². The zero-order valence-corrected chi connectivity index (χ0v) is 15.6. The van der Waals surface area contributed by atoms with Gasteiger partial charge in [-0.25, -0.2) is 9.78 Å². The highest BCUT2D eigenvalue weighted by Crippen LogP contribution is 2.36. The minimum absolute atomic E-state index is 0.0802. The van der Waals surface area contributed by atoms with Crippen molar-refractivity contribution in [1.82, 2.24) is 29.9 Å². The zero-order valence-electron chi connectivity index (χ0n) is 15.6. The third kappa shape index (κ3) is 3.15. The first-order valence-corrected chi connectivity index (χ1v) is 9.06. The number of nitrogens with zero attached hydrogens (tertiary/aromatic N) is 5. The average molecular weight is 348 g/mol. The van der Waals surface area contributed by atoms with Gasteiger partial charge in [0.05, 0.1) is 6.54 Å². The Morgan fingerprint density at radius 3 is 2.48 bits per heavy atom. The van der Waals surface area contributed by atoms with Crippen molar-refractivity contribution in [3.8, 4) is 0 Å². The molecule has 1 N–H and O–H groups in total. The third-order valence-electron chi connectivity index (χ3n) is 5.24. The Balaban J connectivity index is 1.88. The van der Waals surface area contributed by atoms with Gasteiger partial charge in [-0.15, -0.1) is 0 Å². The number of urea groups is 1. The molecule has 2 saturated heterocycles. The second kappa shape index (κ2) is 6.74. The predicted octanol–water partition coefficient (Wildman–Crippen LogP) is 1.06. The summed E-state index contributed by atoms with van der Waals surface area (Å²) in [5.74, 6) is 1.68. The molecule has 0 bridgehead atoms. The molecule has 0 saturated carbocycles. The third-order valence-corrected chi connectivity index (χ3v) is 5.24. The fourth-order valence-electron chi connectivity index (χ4n) is 3.78. The molecule has 2 fully saturated rings. The maximum atomic E-state index is 13.2. The Morgan fingerprint density at radius 1 is 1.24 bits per heavy atom. The van der Waals surface area contributed by atoms with Crippen LogP contribution in [0.1, 0.15) is 44.8 Å². The maximum Gasteiger partial charge on any atom is 0.328 e. The highest BCUT2D eigenvalue weighted by Gasteiger charge is 2.57. The van der Waals surface area contributed by atoms with Crippen LogP contribution in [0.5, 0.6) is 0 Å². The van der Waals surface area contributed by atoms with Crippen LogP contribution in [-0.4, -0.2) is 61.7 Å². The first-order chi connectivity index (χ1) is 11.8. The van der Waals surface area contributed by atoms with Crippen LogP contribution in [0.2, 0.25) is 0 Å². The number of hydrogen-bond donors (Lipinski definition) is 1. The lowest BCUT2D eigenvalue weighted by Crippen LogP contribution is -2.56. The van der Waals surface area contributed by atoms with Crippen LogP contribution in [-0.2, 0) is 18.4 Å². The fourth-order valence-corrected chi connectivity index (χ4v) is 3.78. The highest BCUT2D eigenvalue weighted by atomic mass is 16.2. The molecule has 0 radical (unpaired) electrons. The lowest BCUT2D eigenvalue weighted by Gasteiger charge is -2.38. The standard InChI is InChI=1S/C17H28N6O2/c1-12(2)5-10-23-16(25)22(11-14-19-13(3)20-21(14)4)15(24)17(23)6-8-18-9-7-17/h12,18H,5-11H2,1-4H3. The second-order valence-corrected chi connectivity index (χ2v) is 7.49. The number of hydrogen-bond acceptors (Lipinski definition) is 5. The van der Waals surface area contributed by atoms with Crippen LogP contribution in [0.3, 0.4) is 0 Å². The van der Waals surface area contributed by atoms with Gasteiger partial charge >= 0.3 is 6.03 Å². The maximum absolute atomic E-state index is 13.2. The van der Waals surface area contributed by atoms with Crippen LogP contribution >= 0.6 is 0 Å². The van der Waals surface area contributed by atoms with Crippen LogP contribution in [0.4, 0.5) is 4.79 Å². The number of imide groups is 1. The number of rotatable bonds is 5. The SMILES string of the molecule is Cc1nc(CN2C(=O)N(CCC(C)C)C3(CCNCC3)C2=O)n(C)n1. The molecule has 0 aromatic carbocycles. The lowest BCUT2D eigenvalue weighted by molar-refractivity contribution is -0.135. The van der Waals surface area contributed by atoms with Crippen molar-refractivity contribution in [3.63, 3.8) is 0 Å². The minimum Gasteiger partial charge on any atom is -0.317 e. The molecule has 3 rings (SSSR count). The largest absolute Gasteiger partial charge is 0.328 e. The molecule has 1 spiro atoms. The molecule has 3 amide bonds. The molecule has 2 aliphatic heterocycles. The summed E-state index contributed by atoms with van der Waals surface area (Å²) < 4.78 is 1.64. The molecule has 2 aliphatic rings. The summed E-state index contributed by atoms with van der Waals surface area (Å²) in [6.45, 7) is 8.40. The van der Waals surface area contributed by atoms with Crippen molar-refractivity contribution in [2.45, 2.75) is 52.1 Å². The number of aromatic nitrogens is 3. The molecular weight excluding hydrogens is 320 g/mol. The molecule has 8 nitrogen and oxygen atoms in total. The van der Waals surface area contributed by atoms with E-state index in [4.69, 9.17) is 0 Å². The first kappa shape index (κ1) is 17.8. The van der Waals surface area contributed by atoms with Crippen LogP contribution in [0.25, 0.3) is 0 Å². The summed E-state index contributed by atoms with van der Waals surface area (Å²) in [7, 11) is 1.79. The average Bonchev–Trinajstić information content (AvgIpc) is 2.97. The Morgan fingerprint density at radius 2 is 1.92 bits per heavy atom. The normalized spacial score (nSPS) is 20.4. The van der Waals surface area contributed by atoms with Gasteiger partial charge in [-0.05, 0) is 45.2 Å². The van der Waals surface area contributed by atoms with Gasteiger partial charge < -0.3 is 10.2 Å². The summed E-state index contributed by atoms with van der Waals surface area (Å²) in [5.41, 5.74) is -0.690. The van der Waals surface area contributed by atoms with Gasteiger partial charge in [0, 0.05) is 13.6 Å². The molecule has 0 unspecified atom stereocenters. The van der Waals surface area contributed by atoms with Gasteiger partial charge in [-0.1, -0.05) is 13.8 Å². The zero-order chi connectivity index (χ0) is 18.2. The monoisotopic (exact) mass is 348 g/mol. The summed E-state index contributed by atoms with van der Waals surface area (Å²) >= 11 is 0. The summed E-state index contributed by atoms with van der Waals surface area (Å²) in [5, 5.41) is 7.52. The van der Waals surface area contributed by atoms with Crippen LogP contribution in [0, 0.1) is 12.8 Å². The van der Waals surface area contributed by atoms with Gasteiger partial charge in [0.15, 0.2) is 0 Å². The van der Waals surface area contributed by atoms with Crippen molar-refractivity contribution in [1.29, 1.82) is 0 Å². The van der Waals surface area contributed by atoms with E-state index in [0.717, 1.165) is 19.5 Å². The van der Waals surface area contributed by atoms with E-state index in [-0.39, 0.29) is 18.5 Å². The molecule has 3 heterocycles. The van der Waals surface area contributed by atoms with Gasteiger partial charge in [-0.3, -0.25) is 14.4 Å². The molecule has 25 heavy (non-hydrogen) atoms. The molecule has 0 atom stereocenters. The van der Waals surface area contributed by atoms with Gasteiger partial charge in [0.2, 0.25) is 0 Å². The molecular formula is C17H28N6O2. The number of amides is 3. The summed E-state index contributed by atoms with van der Waals surface area (Å²) in [6.07, 6.45) is 2.24. The van der Waals surface area contributed by atoms with Gasteiger partial charge in [0.25, 0.3) is 5.91 Å². The first-order valence-electron chi connectivity index (χ1n) is 9.06. The highest BCUT2D eigenvalue weighted by molar-refractivity contribution is 6.07. The Bertz CT molecular complexity index is 662. The summed E-state index contributed by atoms with van der Waals surface area (Å²) in [6, 6.07) is -0.187.